The van der Waals surface area contributed by atoms with Gasteiger partial charge in [-0.2, -0.15) is 0 Å². The largest absolute Gasteiger partial charge is 0.370 e. The molecule has 0 radical (unpaired) electrons. The third-order valence-electron chi connectivity index (χ3n) is 2.41. The number of rotatable bonds is 0. The molecule has 6 heteroatoms. The summed E-state index contributed by atoms with van der Waals surface area (Å²) >= 11 is 0. The van der Waals surface area contributed by atoms with Crippen LogP contribution in [-0.2, 0) is 4.79 Å². The Labute approximate surface area is 74.7 Å². The molecule has 0 aliphatic carbocycles. The zero-order valence-corrected chi connectivity index (χ0v) is 6.87. The molecule has 1 fully saturated rings. The highest BCUT2D eigenvalue weighted by Crippen LogP contribution is 2.22. The molecule has 0 aromatic rings. The van der Waals surface area contributed by atoms with Crippen molar-refractivity contribution >= 4 is 11.7 Å². The van der Waals surface area contributed by atoms with Gasteiger partial charge in [0.2, 0.25) is 5.91 Å². The third-order valence-corrected chi connectivity index (χ3v) is 2.41. The molecule has 0 saturated carbocycles. The van der Waals surface area contributed by atoms with Crippen molar-refractivity contribution in [2.75, 3.05) is 13.2 Å². The first-order valence-corrected chi connectivity index (χ1v) is 4.18. The Hall–Kier alpha value is -1.56. The summed E-state index contributed by atoms with van der Waals surface area (Å²) in [6, 6.07) is 0. The van der Waals surface area contributed by atoms with Crippen LogP contribution in [0.2, 0.25) is 0 Å². The summed E-state index contributed by atoms with van der Waals surface area (Å²) in [6.07, 6.45) is 1.75. The van der Waals surface area contributed by atoms with Crippen LogP contribution in [0.15, 0.2) is 17.0 Å². The van der Waals surface area contributed by atoms with E-state index in [1.165, 1.54) is 0 Å². The summed E-state index contributed by atoms with van der Waals surface area (Å²) < 4.78 is 0. The van der Waals surface area contributed by atoms with Crippen molar-refractivity contribution in [3.8, 4) is 0 Å². The van der Waals surface area contributed by atoms with Crippen LogP contribution in [-0.4, -0.2) is 29.9 Å². The molecule has 3 N–H and O–H groups in total. The van der Waals surface area contributed by atoms with E-state index in [4.69, 9.17) is 0 Å². The lowest BCUT2D eigenvalue weighted by Gasteiger charge is -2.24. The van der Waals surface area contributed by atoms with E-state index in [0.717, 1.165) is 5.84 Å². The van der Waals surface area contributed by atoms with Gasteiger partial charge in [-0.05, 0) is 0 Å². The number of hydrazine groups is 1. The minimum atomic E-state index is -0.128. The summed E-state index contributed by atoms with van der Waals surface area (Å²) in [4.78, 5) is 17.7. The predicted molar refractivity (Wildman–Crippen MR) is 45.0 cm³/mol. The quantitative estimate of drug-likeness (QED) is 0.415. The number of amidine groups is 1. The van der Waals surface area contributed by atoms with E-state index in [-0.39, 0.29) is 11.8 Å². The van der Waals surface area contributed by atoms with Crippen molar-refractivity contribution in [2.45, 2.75) is 0 Å². The van der Waals surface area contributed by atoms with E-state index in [1.807, 2.05) is 0 Å². The molecule has 3 aliphatic rings. The fourth-order valence-electron chi connectivity index (χ4n) is 1.72. The highest BCUT2D eigenvalue weighted by atomic mass is 16.2. The monoisotopic (exact) mass is 179 g/mol. The SMILES string of the molecule is O=C1C2CNNC2=NC2=CNCN12. The van der Waals surface area contributed by atoms with E-state index in [1.54, 1.807) is 11.1 Å². The zero-order valence-electron chi connectivity index (χ0n) is 6.87. The molecule has 1 amide bonds. The number of hydrogen-bond acceptors (Lipinski definition) is 5. The van der Waals surface area contributed by atoms with Crippen LogP contribution in [0.5, 0.6) is 0 Å². The third kappa shape index (κ3) is 0.803. The Morgan fingerprint density at radius 3 is 3.46 bits per heavy atom. The maximum atomic E-state index is 11.8. The lowest BCUT2D eigenvalue weighted by Crippen LogP contribution is -2.43. The van der Waals surface area contributed by atoms with Crippen molar-refractivity contribution in [1.29, 1.82) is 0 Å². The van der Waals surface area contributed by atoms with Gasteiger partial charge in [-0.3, -0.25) is 9.69 Å². The molecule has 3 rings (SSSR count). The molecule has 3 aliphatic heterocycles. The maximum absolute atomic E-state index is 11.8. The number of hydrogen-bond donors (Lipinski definition) is 3. The molecule has 1 atom stereocenters. The second-order valence-electron chi connectivity index (χ2n) is 3.19. The van der Waals surface area contributed by atoms with Crippen molar-refractivity contribution < 1.29 is 4.79 Å². The van der Waals surface area contributed by atoms with Crippen LogP contribution in [0.3, 0.4) is 0 Å². The van der Waals surface area contributed by atoms with E-state index in [2.05, 4.69) is 21.2 Å². The molecular weight excluding hydrogens is 170 g/mol. The van der Waals surface area contributed by atoms with Gasteiger partial charge in [0.15, 0.2) is 5.82 Å². The second-order valence-corrected chi connectivity index (χ2v) is 3.19. The van der Waals surface area contributed by atoms with Crippen molar-refractivity contribution in [1.82, 2.24) is 21.1 Å². The minimum absolute atomic E-state index is 0.110. The molecule has 0 aromatic carbocycles. The zero-order chi connectivity index (χ0) is 8.84. The number of carbonyl (C=O) groups is 1. The molecule has 3 heterocycles. The Morgan fingerprint density at radius 2 is 2.54 bits per heavy atom. The van der Waals surface area contributed by atoms with Gasteiger partial charge in [0.1, 0.15) is 11.8 Å². The highest BCUT2D eigenvalue weighted by Gasteiger charge is 2.39. The van der Waals surface area contributed by atoms with Gasteiger partial charge in [-0.1, -0.05) is 0 Å². The highest BCUT2D eigenvalue weighted by molar-refractivity contribution is 6.07. The topological polar surface area (TPSA) is 68.8 Å². The molecule has 1 unspecified atom stereocenters. The predicted octanol–water partition coefficient (Wildman–Crippen LogP) is -1.69. The van der Waals surface area contributed by atoms with E-state index >= 15 is 0 Å². The molecule has 13 heavy (non-hydrogen) atoms. The maximum Gasteiger partial charge on any atom is 0.241 e. The average Bonchev–Trinajstić information content (AvgIpc) is 2.71. The molecular formula is C7H9N5O. The Bertz CT molecular complexity index is 334. The number of amides is 1. The number of nitrogens with zero attached hydrogens (tertiary/aromatic N) is 2. The van der Waals surface area contributed by atoms with Crippen molar-refractivity contribution in [3.63, 3.8) is 0 Å². The standard InChI is InChI=1S/C7H9N5O/c13-7-4-1-9-11-6(4)10-5-2-8-3-12(5)7/h2,4,8-9H,1,3H2,(H,10,11). The average molecular weight is 179 g/mol. The Balaban J connectivity index is 2.06. The smallest absolute Gasteiger partial charge is 0.241 e. The summed E-state index contributed by atoms with van der Waals surface area (Å²) in [7, 11) is 0. The van der Waals surface area contributed by atoms with Crippen LogP contribution in [0.25, 0.3) is 0 Å². The van der Waals surface area contributed by atoms with Gasteiger partial charge in [0.05, 0.1) is 6.67 Å². The van der Waals surface area contributed by atoms with Gasteiger partial charge in [-0.25, -0.2) is 10.4 Å². The van der Waals surface area contributed by atoms with Crippen LogP contribution in [0, 0.1) is 5.92 Å². The Morgan fingerprint density at radius 1 is 1.62 bits per heavy atom. The van der Waals surface area contributed by atoms with Gasteiger partial charge in [-0.15, -0.1) is 0 Å². The first kappa shape index (κ1) is 6.90. The Kier molecular flexibility index (Phi) is 1.18. The second kappa shape index (κ2) is 2.23. The minimum Gasteiger partial charge on any atom is -0.370 e. The van der Waals surface area contributed by atoms with E-state index in [0.29, 0.717) is 19.0 Å². The summed E-state index contributed by atoms with van der Waals surface area (Å²) in [5, 5.41) is 2.97. The van der Waals surface area contributed by atoms with Crippen molar-refractivity contribution in [3.05, 3.63) is 12.0 Å². The molecule has 6 nitrogen and oxygen atoms in total. The fraction of sp³-hybridized carbons (Fsp3) is 0.429. The van der Waals surface area contributed by atoms with Gasteiger partial charge in [0, 0.05) is 12.7 Å². The number of aliphatic imine (C=N–C) groups is 1. The molecule has 0 aromatic heterocycles. The molecule has 0 spiro atoms. The van der Waals surface area contributed by atoms with Crippen LogP contribution >= 0.6 is 0 Å². The van der Waals surface area contributed by atoms with Crippen LogP contribution in [0.1, 0.15) is 0 Å². The first-order valence-electron chi connectivity index (χ1n) is 4.18. The lowest BCUT2D eigenvalue weighted by molar-refractivity contribution is -0.131. The molecule has 68 valence electrons. The summed E-state index contributed by atoms with van der Waals surface area (Å²) in [5.74, 6) is 1.42. The van der Waals surface area contributed by atoms with Gasteiger partial charge < -0.3 is 10.7 Å². The molecule has 0 bridgehead atoms. The normalized spacial score (nSPS) is 30.0. The fourth-order valence-corrected chi connectivity index (χ4v) is 1.72. The first-order chi connectivity index (χ1) is 6.36. The lowest BCUT2D eigenvalue weighted by atomic mass is 10.1. The molecule has 1 saturated heterocycles. The van der Waals surface area contributed by atoms with Crippen molar-refractivity contribution in [2.24, 2.45) is 10.9 Å². The van der Waals surface area contributed by atoms with E-state index in [9.17, 15) is 4.79 Å². The van der Waals surface area contributed by atoms with Gasteiger partial charge in [0.25, 0.3) is 0 Å². The number of carbonyl (C=O) groups excluding carboxylic acids is 1. The number of nitrogens with one attached hydrogen (secondary N) is 3. The van der Waals surface area contributed by atoms with Gasteiger partial charge >= 0.3 is 0 Å². The van der Waals surface area contributed by atoms with Crippen LogP contribution in [0.4, 0.5) is 0 Å². The van der Waals surface area contributed by atoms with E-state index < -0.39 is 0 Å². The number of fused-ring (bicyclic) bond motifs is 2. The van der Waals surface area contributed by atoms with Crippen LogP contribution < -0.4 is 16.2 Å². The summed E-state index contributed by atoms with van der Waals surface area (Å²) in [5.41, 5.74) is 5.79. The summed E-state index contributed by atoms with van der Waals surface area (Å²) in [6.45, 7) is 1.17.